The third-order valence-corrected chi connectivity index (χ3v) is 1.87. The van der Waals surface area contributed by atoms with Crippen molar-refractivity contribution < 1.29 is 0 Å². The van der Waals surface area contributed by atoms with Gasteiger partial charge in [0.05, 0.1) is 0 Å². The van der Waals surface area contributed by atoms with Crippen LogP contribution in [0.5, 0.6) is 0 Å². The van der Waals surface area contributed by atoms with Gasteiger partial charge in [-0.15, -0.1) is 0 Å². The van der Waals surface area contributed by atoms with Crippen LogP contribution in [0.4, 0.5) is 0 Å². The average molecular weight is 146 g/mol. The summed E-state index contributed by atoms with van der Waals surface area (Å²) in [6, 6.07) is 0. The maximum atomic E-state index is 3.64. The summed E-state index contributed by atoms with van der Waals surface area (Å²) in [6.07, 6.45) is 9.29. The van der Waals surface area contributed by atoms with Gasteiger partial charge in [0.25, 0.3) is 0 Å². The fourth-order valence-electron chi connectivity index (χ4n) is 1.33. The molecule has 0 bridgehead atoms. The van der Waals surface area contributed by atoms with Crippen LogP contribution in [0.15, 0.2) is 47.6 Å². The molecule has 1 aliphatic carbocycles. The number of hydrogen-bond acceptors (Lipinski definition) is 0. The van der Waals surface area contributed by atoms with Gasteiger partial charge < -0.3 is 0 Å². The maximum Gasteiger partial charge on any atom is -0.00640 e. The molecular formula is C11H14. The summed E-state index contributed by atoms with van der Waals surface area (Å²) in [7, 11) is 0. The molecule has 0 spiro atoms. The minimum Gasteiger partial charge on any atom is -0.0991 e. The van der Waals surface area contributed by atoms with Crippen molar-refractivity contribution in [2.24, 2.45) is 0 Å². The minimum atomic E-state index is 1.11. The molecule has 0 saturated heterocycles. The summed E-state index contributed by atoms with van der Waals surface area (Å²) in [5.74, 6) is 0. The molecule has 0 aromatic carbocycles. The lowest BCUT2D eigenvalue weighted by molar-refractivity contribution is 1.19. The lowest BCUT2D eigenvalue weighted by Crippen LogP contribution is -1.74. The highest BCUT2D eigenvalue weighted by molar-refractivity contribution is 5.43. The van der Waals surface area contributed by atoms with Gasteiger partial charge in [0.2, 0.25) is 0 Å². The molecule has 0 heteroatoms. The van der Waals surface area contributed by atoms with E-state index in [0.29, 0.717) is 0 Å². The summed E-state index contributed by atoms with van der Waals surface area (Å²) in [6.45, 7) is 7.96. The van der Waals surface area contributed by atoms with Gasteiger partial charge in [0, 0.05) is 0 Å². The molecule has 0 fully saturated rings. The van der Waals surface area contributed by atoms with E-state index in [-0.39, 0.29) is 0 Å². The molecule has 0 radical (unpaired) electrons. The Morgan fingerprint density at radius 3 is 2.64 bits per heavy atom. The largest absolute Gasteiger partial charge is 0.0991 e. The number of hydrogen-bond donors (Lipinski definition) is 0. The molecule has 0 N–H and O–H groups in total. The second-order valence-electron chi connectivity index (χ2n) is 2.97. The molecular weight excluding hydrogens is 132 g/mol. The molecule has 11 heavy (non-hydrogen) atoms. The Labute approximate surface area is 68.6 Å². The zero-order chi connectivity index (χ0) is 8.27. The summed E-state index contributed by atoms with van der Waals surface area (Å²) in [5.41, 5.74) is 4.26. The molecule has 0 amide bonds. The molecule has 0 aliphatic heterocycles. The van der Waals surface area contributed by atoms with Crippen LogP contribution in [0.3, 0.4) is 0 Å². The van der Waals surface area contributed by atoms with E-state index in [4.69, 9.17) is 0 Å². The predicted octanol–water partition coefficient (Wildman–Crippen LogP) is 3.40. The van der Waals surface area contributed by atoms with Crippen LogP contribution in [0.1, 0.15) is 20.3 Å². The van der Waals surface area contributed by atoms with E-state index in [0.717, 1.165) is 6.42 Å². The molecule has 0 unspecified atom stereocenters. The highest BCUT2D eigenvalue weighted by Gasteiger charge is 2.05. The molecule has 0 atom stereocenters. The van der Waals surface area contributed by atoms with Crippen LogP contribution in [-0.2, 0) is 0 Å². The first-order valence-corrected chi connectivity index (χ1v) is 3.90. The molecule has 0 nitrogen and oxygen atoms in total. The van der Waals surface area contributed by atoms with Gasteiger partial charge >= 0.3 is 0 Å². The van der Waals surface area contributed by atoms with E-state index >= 15 is 0 Å². The zero-order valence-corrected chi connectivity index (χ0v) is 7.22. The summed E-state index contributed by atoms with van der Waals surface area (Å²) in [4.78, 5) is 0. The van der Waals surface area contributed by atoms with E-state index < -0.39 is 0 Å². The van der Waals surface area contributed by atoms with Crippen molar-refractivity contribution in [3.8, 4) is 0 Å². The van der Waals surface area contributed by atoms with Gasteiger partial charge in [-0.3, -0.25) is 0 Å². The first-order chi connectivity index (χ1) is 5.24. The number of allylic oxidation sites excluding steroid dienone is 7. The van der Waals surface area contributed by atoms with Gasteiger partial charge in [0.1, 0.15) is 0 Å². The smallest absolute Gasteiger partial charge is 0.00640 e. The van der Waals surface area contributed by atoms with Crippen LogP contribution in [-0.4, -0.2) is 0 Å². The second-order valence-corrected chi connectivity index (χ2v) is 2.97. The highest BCUT2D eigenvalue weighted by atomic mass is 14.1. The predicted molar refractivity (Wildman–Crippen MR) is 50.4 cm³/mol. The summed E-state index contributed by atoms with van der Waals surface area (Å²) in [5, 5.41) is 0. The fraction of sp³-hybridized carbons (Fsp3) is 0.273. The molecule has 0 saturated carbocycles. The first kappa shape index (κ1) is 8.06. The highest BCUT2D eigenvalue weighted by Crippen LogP contribution is 2.25. The second kappa shape index (κ2) is 3.38. The fourth-order valence-corrected chi connectivity index (χ4v) is 1.33. The zero-order valence-electron chi connectivity index (χ0n) is 7.22. The monoisotopic (exact) mass is 146 g/mol. The van der Waals surface area contributed by atoms with Gasteiger partial charge in [-0.1, -0.05) is 36.5 Å². The Bertz CT molecular complexity index is 249. The summed E-state index contributed by atoms with van der Waals surface area (Å²) >= 11 is 0. The van der Waals surface area contributed by atoms with Crippen molar-refractivity contribution in [1.82, 2.24) is 0 Å². The normalized spacial score (nSPS) is 17.8. The molecule has 1 aliphatic rings. The molecule has 1 rings (SSSR count). The van der Waals surface area contributed by atoms with E-state index in [9.17, 15) is 0 Å². The first-order valence-electron chi connectivity index (χ1n) is 3.90. The van der Waals surface area contributed by atoms with Gasteiger partial charge in [-0.05, 0) is 31.4 Å². The Balaban J connectivity index is 2.71. The molecule has 0 aromatic rings. The lowest BCUT2D eigenvalue weighted by Gasteiger charge is -1.94. The van der Waals surface area contributed by atoms with Crippen LogP contribution < -0.4 is 0 Å². The minimum absolute atomic E-state index is 1.11. The quantitative estimate of drug-likeness (QED) is 0.524. The summed E-state index contributed by atoms with van der Waals surface area (Å²) < 4.78 is 0. The van der Waals surface area contributed by atoms with Crippen LogP contribution >= 0.6 is 0 Å². The Hall–Kier alpha value is -1.04. The SMILES string of the molecule is C=C/C=C\C1=C(C)C=C(C)C1. The number of rotatable bonds is 2. The van der Waals surface area contributed by atoms with E-state index in [1.165, 1.54) is 16.7 Å². The molecule has 58 valence electrons. The Morgan fingerprint density at radius 2 is 2.18 bits per heavy atom. The van der Waals surface area contributed by atoms with Crippen molar-refractivity contribution in [2.45, 2.75) is 20.3 Å². The molecule has 0 aromatic heterocycles. The molecule has 0 heterocycles. The van der Waals surface area contributed by atoms with Crippen molar-refractivity contribution >= 4 is 0 Å². The van der Waals surface area contributed by atoms with E-state index in [1.807, 2.05) is 12.2 Å². The lowest BCUT2D eigenvalue weighted by atomic mass is 10.1. The standard InChI is InChI=1S/C11H14/c1-4-5-6-11-8-9(2)7-10(11)3/h4-7H,1,8H2,2-3H3/b6-5-. The van der Waals surface area contributed by atoms with Crippen molar-refractivity contribution in [1.29, 1.82) is 0 Å². The van der Waals surface area contributed by atoms with Crippen LogP contribution in [0.2, 0.25) is 0 Å². The topological polar surface area (TPSA) is 0 Å². The Morgan fingerprint density at radius 1 is 1.45 bits per heavy atom. The van der Waals surface area contributed by atoms with Crippen molar-refractivity contribution in [3.63, 3.8) is 0 Å². The average Bonchev–Trinajstić information content (AvgIpc) is 2.26. The van der Waals surface area contributed by atoms with E-state index in [2.05, 4.69) is 32.6 Å². The Kier molecular flexibility index (Phi) is 2.48. The van der Waals surface area contributed by atoms with E-state index in [1.54, 1.807) is 0 Å². The van der Waals surface area contributed by atoms with Crippen LogP contribution in [0.25, 0.3) is 0 Å². The third kappa shape index (κ3) is 1.94. The maximum absolute atomic E-state index is 3.64. The third-order valence-electron chi connectivity index (χ3n) is 1.87. The van der Waals surface area contributed by atoms with Gasteiger partial charge in [0.15, 0.2) is 0 Å². The van der Waals surface area contributed by atoms with Gasteiger partial charge in [-0.2, -0.15) is 0 Å². The van der Waals surface area contributed by atoms with Crippen LogP contribution in [0, 0.1) is 0 Å². The van der Waals surface area contributed by atoms with Gasteiger partial charge in [-0.25, -0.2) is 0 Å². The van der Waals surface area contributed by atoms with Crippen molar-refractivity contribution in [3.05, 3.63) is 47.6 Å². The van der Waals surface area contributed by atoms with Crippen molar-refractivity contribution in [2.75, 3.05) is 0 Å².